The first kappa shape index (κ1) is 48.6. The van der Waals surface area contributed by atoms with Gasteiger partial charge in [0.1, 0.15) is 17.3 Å². The zero-order chi connectivity index (χ0) is 47.2. The van der Waals surface area contributed by atoms with Gasteiger partial charge in [-0.25, -0.2) is 9.97 Å². The van der Waals surface area contributed by atoms with E-state index < -0.39 is 5.91 Å². The average molecular weight is 908 g/mol. The number of hydrogen-bond donors (Lipinski definition) is 6. The van der Waals surface area contributed by atoms with Gasteiger partial charge < -0.3 is 52.0 Å². The summed E-state index contributed by atoms with van der Waals surface area (Å²) in [4.78, 5) is 84.0. The molecule has 1 aromatic carbocycles. The lowest BCUT2D eigenvalue weighted by Crippen LogP contribution is -2.49. The minimum absolute atomic E-state index is 0.0102. The van der Waals surface area contributed by atoms with Crippen molar-refractivity contribution in [3.05, 3.63) is 99.6 Å². The maximum absolute atomic E-state index is 13.6. The molecule has 1 saturated heterocycles. The molecule has 0 atom stereocenters. The summed E-state index contributed by atoms with van der Waals surface area (Å²) >= 11 is 0. The summed E-state index contributed by atoms with van der Waals surface area (Å²) in [6, 6.07) is 10.4. The second kappa shape index (κ2) is 23.3. The van der Waals surface area contributed by atoms with Crippen molar-refractivity contribution in [2.24, 2.45) is 11.5 Å². The van der Waals surface area contributed by atoms with Crippen LogP contribution >= 0.6 is 0 Å². The number of nitrogens with two attached hydrogens (primary N) is 2. The molecule has 0 radical (unpaired) electrons. The van der Waals surface area contributed by atoms with E-state index in [4.69, 9.17) is 25.9 Å². The van der Waals surface area contributed by atoms with E-state index in [0.717, 1.165) is 44.5 Å². The van der Waals surface area contributed by atoms with Gasteiger partial charge in [0.25, 0.3) is 11.5 Å². The van der Waals surface area contributed by atoms with E-state index in [9.17, 15) is 24.0 Å². The number of Topliss-reactive ketones (excluding diaryl/α,β-unsaturated/α-hetero) is 1. The monoisotopic (exact) mass is 907 g/mol. The van der Waals surface area contributed by atoms with Gasteiger partial charge in [0.15, 0.2) is 5.78 Å². The molecule has 0 bridgehead atoms. The van der Waals surface area contributed by atoms with E-state index in [0.29, 0.717) is 72.7 Å². The van der Waals surface area contributed by atoms with Crippen LogP contribution < -0.4 is 43.2 Å². The van der Waals surface area contributed by atoms with Crippen LogP contribution in [0, 0.1) is 6.92 Å². The molecule has 2 fully saturated rings. The van der Waals surface area contributed by atoms with Crippen molar-refractivity contribution in [2.45, 2.75) is 52.0 Å². The van der Waals surface area contributed by atoms with E-state index in [2.05, 4.69) is 41.0 Å². The van der Waals surface area contributed by atoms with Crippen molar-refractivity contribution in [1.82, 2.24) is 40.0 Å². The molecule has 1 aliphatic heterocycles. The standard InChI is InChI=1S/C46H61N13O7/c1-30-35-28-51-46(55-43(35)59(32-9-5-6-10-32)45(64)42(30)31(2)60)54-39-16-13-33(27-50-39)58-21-19-57(20-22-58)29-41(62)49-18-24-66-26-25-65-23-17-40(61)52-36-12-8-7-11-34(36)44(63)53-37(47)14-15-38(48)56(3)4/h7-8,11-16,27-28,32H,5-6,9-10,17-26,29,47-48H2,1-4H3,(H,49,62)(H,52,61)(H,53,63)(H,50,51,54,55)/b37-14+,38-15+. The number of aryl methyl sites for hydroxylation is 1. The molecular weight excluding hydrogens is 847 g/mol. The van der Waals surface area contributed by atoms with Gasteiger partial charge in [-0.2, -0.15) is 4.98 Å². The molecule has 3 amide bonds. The fraction of sp³-hybridized carbons (Fsp3) is 0.435. The number of carbonyl (C=O) groups excluding carboxylic acids is 4. The Hall–Kier alpha value is -6.90. The smallest absolute Gasteiger partial charge is 0.263 e. The quantitative estimate of drug-likeness (QED) is 0.0399. The van der Waals surface area contributed by atoms with Crippen molar-refractivity contribution < 1.29 is 28.7 Å². The third-order valence-electron chi connectivity index (χ3n) is 11.4. The number of benzene rings is 1. The number of hydrogen-bond acceptors (Lipinski definition) is 16. The number of amides is 3. The SMILES string of the molecule is CC(=O)c1c(C)c2cnc(Nc3ccc(N4CCN(CC(=O)NCCOCCOCCC(=O)Nc5ccccc5C(=O)N/C(N)=C/C=C(\N)N(C)C)CC4)cn3)nc2n(C2CCCC2)c1=O. The lowest BCUT2D eigenvalue weighted by molar-refractivity contribution is -0.122. The number of allylic oxidation sites excluding steroid dienone is 2. The normalized spacial score (nSPS) is 14.9. The van der Waals surface area contributed by atoms with Gasteiger partial charge in [-0.3, -0.25) is 33.4 Å². The molecule has 6 rings (SSSR count). The maximum atomic E-state index is 13.6. The predicted molar refractivity (Wildman–Crippen MR) is 252 cm³/mol. The van der Waals surface area contributed by atoms with Crippen molar-refractivity contribution >= 4 is 57.7 Å². The summed E-state index contributed by atoms with van der Waals surface area (Å²) in [6.45, 7) is 7.73. The molecule has 1 saturated carbocycles. The zero-order valence-electron chi connectivity index (χ0n) is 38.1. The van der Waals surface area contributed by atoms with E-state index in [-0.39, 0.29) is 72.3 Å². The van der Waals surface area contributed by atoms with Crippen molar-refractivity contribution in [1.29, 1.82) is 0 Å². The van der Waals surface area contributed by atoms with E-state index in [1.54, 1.807) is 73.2 Å². The van der Waals surface area contributed by atoms with Gasteiger partial charge >= 0.3 is 0 Å². The van der Waals surface area contributed by atoms with Gasteiger partial charge in [0.05, 0.1) is 73.9 Å². The summed E-state index contributed by atoms with van der Waals surface area (Å²) in [5.41, 5.74) is 14.3. The first-order valence-corrected chi connectivity index (χ1v) is 22.1. The van der Waals surface area contributed by atoms with Crippen LogP contribution in [0.15, 0.2) is 77.4 Å². The lowest BCUT2D eigenvalue weighted by atomic mass is 10.0. The number of pyridine rings is 2. The third-order valence-corrected chi connectivity index (χ3v) is 11.4. The Bertz CT molecular complexity index is 2480. The topological polar surface area (TPSA) is 257 Å². The highest BCUT2D eigenvalue weighted by Gasteiger charge is 2.26. The molecule has 1 aliphatic carbocycles. The highest BCUT2D eigenvalue weighted by Crippen LogP contribution is 2.32. The molecule has 352 valence electrons. The Labute approximate surface area is 383 Å². The number of carbonyl (C=O) groups is 4. The Morgan fingerprint density at radius 2 is 1.62 bits per heavy atom. The molecule has 0 unspecified atom stereocenters. The van der Waals surface area contributed by atoms with E-state index >= 15 is 0 Å². The summed E-state index contributed by atoms with van der Waals surface area (Å²) in [5, 5.41) is 12.1. The second-order valence-corrected chi connectivity index (χ2v) is 16.4. The zero-order valence-corrected chi connectivity index (χ0v) is 38.1. The fourth-order valence-electron chi connectivity index (χ4n) is 7.81. The maximum Gasteiger partial charge on any atom is 0.263 e. The lowest BCUT2D eigenvalue weighted by Gasteiger charge is -2.35. The van der Waals surface area contributed by atoms with Crippen LogP contribution in [0.4, 0.5) is 23.1 Å². The Morgan fingerprint density at radius 3 is 2.32 bits per heavy atom. The summed E-state index contributed by atoms with van der Waals surface area (Å²) < 4.78 is 12.8. The highest BCUT2D eigenvalue weighted by molar-refractivity contribution is 6.04. The number of anilines is 4. The predicted octanol–water partition coefficient (Wildman–Crippen LogP) is 2.75. The van der Waals surface area contributed by atoms with Crippen molar-refractivity contribution in [2.75, 3.05) is 95.3 Å². The number of nitrogens with zero attached hydrogens (tertiary/aromatic N) is 7. The number of piperazine rings is 1. The first-order valence-electron chi connectivity index (χ1n) is 22.1. The van der Waals surface area contributed by atoms with Crippen LogP contribution in [0.1, 0.15) is 71.3 Å². The molecule has 2 aliphatic rings. The molecule has 20 nitrogen and oxygen atoms in total. The number of rotatable bonds is 21. The molecule has 20 heteroatoms. The number of nitrogens with one attached hydrogen (secondary N) is 4. The molecule has 8 N–H and O–H groups in total. The molecular formula is C46H61N13O7. The minimum Gasteiger partial charge on any atom is -0.385 e. The first-order chi connectivity index (χ1) is 31.8. The van der Waals surface area contributed by atoms with Crippen LogP contribution in [-0.2, 0) is 19.1 Å². The molecule has 3 aromatic heterocycles. The van der Waals surface area contributed by atoms with Crippen LogP contribution in [0.5, 0.6) is 0 Å². The largest absolute Gasteiger partial charge is 0.385 e. The van der Waals surface area contributed by atoms with Crippen LogP contribution in [0.2, 0.25) is 0 Å². The Morgan fingerprint density at radius 1 is 0.894 bits per heavy atom. The van der Waals surface area contributed by atoms with Crippen molar-refractivity contribution in [3.63, 3.8) is 0 Å². The minimum atomic E-state index is -0.487. The molecule has 4 heterocycles. The number of fused-ring (bicyclic) bond motifs is 1. The van der Waals surface area contributed by atoms with Gasteiger partial charge in [0, 0.05) is 64.4 Å². The van der Waals surface area contributed by atoms with Crippen molar-refractivity contribution in [3.8, 4) is 0 Å². The Kier molecular flexibility index (Phi) is 17.2. The summed E-state index contributed by atoms with van der Waals surface area (Å²) in [7, 11) is 3.56. The van der Waals surface area contributed by atoms with Crippen LogP contribution in [0.25, 0.3) is 11.0 Å². The number of ketones is 1. The Balaban J connectivity index is 0.844. The van der Waals surface area contributed by atoms with E-state index in [1.165, 1.54) is 13.0 Å². The molecule has 4 aromatic rings. The van der Waals surface area contributed by atoms with Gasteiger partial charge in [0.2, 0.25) is 17.8 Å². The summed E-state index contributed by atoms with van der Waals surface area (Å²) in [5.74, 6) is 0.263. The summed E-state index contributed by atoms with van der Waals surface area (Å²) in [6.07, 6.45) is 10.3. The number of para-hydroxylation sites is 1. The van der Waals surface area contributed by atoms with Gasteiger partial charge in [-0.15, -0.1) is 0 Å². The second-order valence-electron chi connectivity index (χ2n) is 16.4. The van der Waals surface area contributed by atoms with Crippen LogP contribution in [0.3, 0.4) is 0 Å². The van der Waals surface area contributed by atoms with Gasteiger partial charge in [-0.1, -0.05) is 25.0 Å². The fourth-order valence-corrected chi connectivity index (χ4v) is 7.81. The molecule has 66 heavy (non-hydrogen) atoms. The van der Waals surface area contributed by atoms with E-state index in [1.807, 2.05) is 12.1 Å². The molecule has 0 spiro atoms. The van der Waals surface area contributed by atoms with Gasteiger partial charge in [-0.05, 0) is 68.7 Å². The third kappa shape index (κ3) is 13.1. The highest BCUT2D eigenvalue weighted by atomic mass is 16.5. The average Bonchev–Trinajstić information content (AvgIpc) is 3.83. The number of aromatic nitrogens is 4. The number of ether oxygens (including phenoxy) is 2. The van der Waals surface area contributed by atoms with Crippen LogP contribution in [-0.4, -0.2) is 133 Å².